The predicted octanol–water partition coefficient (Wildman–Crippen LogP) is 5.41. The number of amides is 1. The average Bonchev–Trinajstić information content (AvgIpc) is 3.12. The predicted molar refractivity (Wildman–Crippen MR) is 109 cm³/mol. The summed E-state index contributed by atoms with van der Waals surface area (Å²) in [5.41, 5.74) is -0.736. The van der Waals surface area contributed by atoms with Crippen molar-refractivity contribution < 1.29 is 22.4 Å². The highest BCUT2D eigenvalue weighted by Crippen LogP contribution is 2.35. The molecule has 1 N–H and O–H groups in total. The lowest BCUT2D eigenvalue weighted by molar-refractivity contribution is -0.142. The van der Waals surface area contributed by atoms with Gasteiger partial charge in [-0.1, -0.05) is 17.7 Å². The molecule has 160 valence electrons. The van der Waals surface area contributed by atoms with Crippen LogP contribution in [0.2, 0.25) is 5.02 Å². The quantitative estimate of drug-likeness (QED) is 0.415. The maximum Gasteiger partial charge on any atom is 0.436 e. The molecule has 6 nitrogen and oxygen atoms in total. The van der Waals surface area contributed by atoms with Crippen LogP contribution in [0.5, 0.6) is 0 Å². The first-order chi connectivity index (χ1) is 14.0. The number of benzene rings is 1. The van der Waals surface area contributed by atoms with Gasteiger partial charge in [0.2, 0.25) is 5.91 Å². The van der Waals surface area contributed by atoms with E-state index in [4.69, 9.17) is 11.6 Å². The van der Waals surface area contributed by atoms with Crippen LogP contribution in [-0.2, 0) is 24.1 Å². The number of halogens is 7. The third kappa shape index (κ3) is 4.86. The maximum atomic E-state index is 14.0. The molecule has 0 radical (unpaired) electrons. The number of hydrogen-bond donors (Lipinski definition) is 1. The third-order valence-corrected chi connectivity index (χ3v) is 5.94. The summed E-state index contributed by atoms with van der Waals surface area (Å²) in [6, 6.07) is 4.29. The Morgan fingerprint density at radius 2 is 1.97 bits per heavy atom. The molecule has 2 aromatic heterocycles. The summed E-state index contributed by atoms with van der Waals surface area (Å²) < 4.78 is 55.3. The highest BCUT2D eigenvalue weighted by atomic mass is 79.9. The summed E-state index contributed by atoms with van der Waals surface area (Å²) in [4.78, 5) is 12.3. The molecule has 30 heavy (non-hydrogen) atoms. The van der Waals surface area contributed by atoms with Crippen molar-refractivity contribution in [1.82, 2.24) is 19.6 Å². The standard InChI is InChI=1S/C17H12Br2ClF4N5O/c1-8-14(19)15(17(22,23)24)26-29(8)7-13(30)25-16-10(18)6-28(27-16)5-9-11(20)3-2-4-12(9)21/h2-4,6H,5,7H2,1H3,(H,25,27,30). The first-order valence-electron chi connectivity index (χ1n) is 8.23. The van der Waals surface area contributed by atoms with E-state index in [0.29, 0.717) is 4.47 Å². The van der Waals surface area contributed by atoms with Gasteiger partial charge in [0.1, 0.15) is 12.4 Å². The molecule has 0 aliphatic rings. The Morgan fingerprint density at radius 1 is 1.27 bits per heavy atom. The van der Waals surface area contributed by atoms with Gasteiger partial charge in [0.25, 0.3) is 0 Å². The fraction of sp³-hybridized carbons (Fsp3) is 0.235. The molecule has 0 fully saturated rings. The molecular weight excluding hydrogens is 561 g/mol. The van der Waals surface area contributed by atoms with E-state index in [-0.39, 0.29) is 33.1 Å². The molecule has 13 heteroatoms. The van der Waals surface area contributed by atoms with Gasteiger partial charge in [-0.25, -0.2) is 4.39 Å². The van der Waals surface area contributed by atoms with Crippen LogP contribution in [0.4, 0.5) is 23.4 Å². The van der Waals surface area contributed by atoms with Crippen LogP contribution >= 0.6 is 43.5 Å². The molecule has 0 aliphatic heterocycles. The molecule has 0 bridgehead atoms. The summed E-state index contributed by atoms with van der Waals surface area (Å²) in [5, 5.41) is 10.3. The highest BCUT2D eigenvalue weighted by molar-refractivity contribution is 9.11. The topological polar surface area (TPSA) is 64.7 Å². The average molecular weight is 574 g/mol. The Labute approximate surface area is 189 Å². The van der Waals surface area contributed by atoms with Gasteiger partial charge in [0, 0.05) is 16.8 Å². The lowest BCUT2D eigenvalue weighted by atomic mass is 10.2. The second kappa shape index (κ2) is 8.67. The molecule has 0 atom stereocenters. The number of aromatic nitrogens is 4. The Bertz CT molecular complexity index is 1090. The van der Waals surface area contributed by atoms with Gasteiger partial charge in [-0.15, -0.1) is 0 Å². The lowest BCUT2D eigenvalue weighted by Crippen LogP contribution is -2.21. The summed E-state index contributed by atoms with van der Waals surface area (Å²) in [6.45, 7) is 0.960. The number of nitrogens with one attached hydrogen (secondary N) is 1. The van der Waals surface area contributed by atoms with Crippen LogP contribution in [0.3, 0.4) is 0 Å². The molecule has 1 aromatic carbocycles. The molecule has 0 aliphatic carbocycles. The van der Waals surface area contributed by atoms with Crippen LogP contribution in [0, 0.1) is 12.7 Å². The zero-order chi connectivity index (χ0) is 22.2. The fourth-order valence-corrected chi connectivity index (χ4v) is 3.72. The minimum atomic E-state index is -4.65. The van der Waals surface area contributed by atoms with Crippen molar-refractivity contribution in [2.75, 3.05) is 5.32 Å². The highest BCUT2D eigenvalue weighted by Gasteiger charge is 2.38. The Balaban J connectivity index is 1.74. The lowest BCUT2D eigenvalue weighted by Gasteiger charge is -2.06. The van der Waals surface area contributed by atoms with Crippen LogP contribution < -0.4 is 5.32 Å². The van der Waals surface area contributed by atoms with Gasteiger partial charge in [0.05, 0.1) is 21.2 Å². The molecule has 1 amide bonds. The second-order valence-corrected chi connectivity index (χ2v) is 8.23. The van der Waals surface area contributed by atoms with Gasteiger partial charge in [0.15, 0.2) is 11.5 Å². The number of hydrogen-bond acceptors (Lipinski definition) is 3. The minimum Gasteiger partial charge on any atom is -0.307 e. The Hall–Kier alpha value is -1.92. The van der Waals surface area contributed by atoms with Gasteiger partial charge in [-0.3, -0.25) is 14.2 Å². The zero-order valence-electron chi connectivity index (χ0n) is 15.1. The van der Waals surface area contributed by atoms with Crippen molar-refractivity contribution in [2.24, 2.45) is 0 Å². The van der Waals surface area contributed by atoms with E-state index in [1.807, 2.05) is 0 Å². The van der Waals surface area contributed by atoms with Crippen LogP contribution in [0.15, 0.2) is 33.3 Å². The normalized spacial score (nSPS) is 11.7. The summed E-state index contributed by atoms with van der Waals surface area (Å²) in [5.74, 6) is -1.02. The van der Waals surface area contributed by atoms with E-state index in [2.05, 4.69) is 47.4 Å². The third-order valence-electron chi connectivity index (χ3n) is 4.05. The van der Waals surface area contributed by atoms with Crippen LogP contribution in [-0.4, -0.2) is 25.5 Å². The molecule has 2 heterocycles. The van der Waals surface area contributed by atoms with E-state index in [9.17, 15) is 22.4 Å². The molecule has 0 spiro atoms. The van der Waals surface area contributed by atoms with E-state index >= 15 is 0 Å². The van der Waals surface area contributed by atoms with Crippen LogP contribution in [0.1, 0.15) is 17.0 Å². The number of nitrogens with zero attached hydrogens (tertiary/aromatic N) is 4. The summed E-state index contributed by atoms with van der Waals surface area (Å²) in [7, 11) is 0. The van der Waals surface area contributed by atoms with Crippen molar-refractivity contribution in [2.45, 2.75) is 26.2 Å². The monoisotopic (exact) mass is 571 g/mol. The van der Waals surface area contributed by atoms with Gasteiger partial charge >= 0.3 is 6.18 Å². The van der Waals surface area contributed by atoms with E-state index in [1.165, 1.54) is 29.9 Å². The fourth-order valence-electron chi connectivity index (χ4n) is 2.58. The zero-order valence-corrected chi connectivity index (χ0v) is 19.0. The van der Waals surface area contributed by atoms with Gasteiger partial charge < -0.3 is 5.32 Å². The molecule has 0 saturated carbocycles. The van der Waals surface area contributed by atoms with Crippen molar-refractivity contribution >= 4 is 55.2 Å². The number of anilines is 1. The van der Waals surface area contributed by atoms with E-state index in [1.54, 1.807) is 6.07 Å². The summed E-state index contributed by atoms with van der Waals surface area (Å²) in [6.07, 6.45) is -3.14. The number of carbonyl (C=O) groups excluding carboxylic acids is 1. The Kier molecular flexibility index (Phi) is 6.58. The SMILES string of the molecule is Cc1c(Br)c(C(F)(F)F)nn1CC(=O)Nc1nn(Cc2c(F)cccc2Cl)cc1Br. The smallest absolute Gasteiger partial charge is 0.307 e. The minimum absolute atomic E-state index is 0.0140. The first kappa shape index (κ1) is 22.8. The molecule has 3 aromatic rings. The van der Waals surface area contributed by atoms with Crippen molar-refractivity contribution in [3.8, 4) is 0 Å². The molecule has 3 rings (SSSR count). The van der Waals surface area contributed by atoms with Crippen molar-refractivity contribution in [3.63, 3.8) is 0 Å². The number of carbonyl (C=O) groups is 1. The maximum absolute atomic E-state index is 14.0. The largest absolute Gasteiger partial charge is 0.436 e. The van der Waals surface area contributed by atoms with Crippen LogP contribution in [0.25, 0.3) is 0 Å². The number of alkyl halides is 3. The van der Waals surface area contributed by atoms with Crippen molar-refractivity contribution in [1.29, 1.82) is 0 Å². The van der Waals surface area contributed by atoms with Gasteiger partial charge in [-0.2, -0.15) is 23.4 Å². The Morgan fingerprint density at radius 3 is 2.57 bits per heavy atom. The van der Waals surface area contributed by atoms with E-state index < -0.39 is 30.1 Å². The summed E-state index contributed by atoms with van der Waals surface area (Å²) >= 11 is 12.1. The van der Waals surface area contributed by atoms with E-state index in [0.717, 1.165) is 4.68 Å². The first-order valence-corrected chi connectivity index (χ1v) is 10.2. The second-order valence-electron chi connectivity index (χ2n) is 6.18. The van der Waals surface area contributed by atoms with Gasteiger partial charge in [-0.05, 0) is 50.9 Å². The molecule has 0 saturated heterocycles. The number of rotatable bonds is 5. The molecular formula is C17H12Br2ClF4N5O. The van der Waals surface area contributed by atoms with Crippen molar-refractivity contribution in [3.05, 3.63) is 61.1 Å². The molecule has 0 unspecified atom stereocenters.